The Bertz CT molecular complexity index is 452. The van der Waals surface area contributed by atoms with Crippen molar-refractivity contribution in [2.45, 2.75) is 32.6 Å². The van der Waals surface area contributed by atoms with Gasteiger partial charge >= 0.3 is 0 Å². The van der Waals surface area contributed by atoms with Gasteiger partial charge in [-0.1, -0.05) is 24.5 Å². The van der Waals surface area contributed by atoms with Crippen LogP contribution in [-0.4, -0.2) is 39.4 Å². The summed E-state index contributed by atoms with van der Waals surface area (Å²) in [5.41, 5.74) is 6.56. The van der Waals surface area contributed by atoms with Crippen LogP contribution in [0.25, 0.3) is 0 Å². The summed E-state index contributed by atoms with van der Waals surface area (Å²) in [4.78, 5) is 12.5. The van der Waals surface area contributed by atoms with E-state index in [9.17, 15) is 4.55 Å². The Hall–Kier alpha value is -1.34. The molecule has 0 radical (unpaired) electrons. The Kier molecular flexibility index (Phi) is 7.32. The van der Waals surface area contributed by atoms with Crippen molar-refractivity contribution in [3.63, 3.8) is 0 Å². The SMILES string of the molecule is CCCC/C(CC[S+](C)[O-])=N/c1nc(N)ncc1OC. The van der Waals surface area contributed by atoms with E-state index < -0.39 is 11.2 Å². The lowest BCUT2D eigenvalue weighted by Gasteiger charge is -2.09. The summed E-state index contributed by atoms with van der Waals surface area (Å²) >= 11 is -0.831. The van der Waals surface area contributed by atoms with Crippen molar-refractivity contribution in [2.24, 2.45) is 4.99 Å². The minimum atomic E-state index is -0.831. The lowest BCUT2D eigenvalue weighted by molar-refractivity contribution is 0.412. The molecular formula is C13H22N4O2S. The standard InChI is InChI=1S/C13H22N4O2S/c1-4-5-6-10(7-8-20(3)18)16-12-11(19-2)9-15-13(14)17-12/h9H,4-8H2,1-3H3,(H2,14,15,17)/b16-10-. The van der Waals surface area contributed by atoms with E-state index in [1.165, 1.54) is 6.20 Å². The van der Waals surface area contributed by atoms with Crippen molar-refractivity contribution < 1.29 is 9.29 Å². The molecule has 0 saturated heterocycles. The molecule has 0 aliphatic heterocycles. The lowest BCUT2D eigenvalue weighted by Crippen LogP contribution is -2.10. The van der Waals surface area contributed by atoms with Crippen molar-refractivity contribution in [3.8, 4) is 5.75 Å². The fraction of sp³-hybridized carbons (Fsp3) is 0.615. The third-order valence-corrected chi connectivity index (χ3v) is 3.51. The molecular weight excluding hydrogens is 276 g/mol. The smallest absolute Gasteiger partial charge is 0.222 e. The van der Waals surface area contributed by atoms with E-state index in [0.29, 0.717) is 23.7 Å². The monoisotopic (exact) mass is 298 g/mol. The van der Waals surface area contributed by atoms with Gasteiger partial charge in [0.15, 0.2) is 11.6 Å². The van der Waals surface area contributed by atoms with E-state index in [1.54, 1.807) is 13.4 Å². The van der Waals surface area contributed by atoms with Gasteiger partial charge in [0, 0.05) is 12.1 Å². The minimum absolute atomic E-state index is 0.165. The number of methoxy groups -OCH3 is 1. The molecule has 1 rings (SSSR count). The number of anilines is 1. The molecule has 1 aromatic rings. The Labute approximate surface area is 123 Å². The van der Waals surface area contributed by atoms with Crippen LogP contribution in [0.3, 0.4) is 0 Å². The van der Waals surface area contributed by atoms with E-state index in [-0.39, 0.29) is 5.95 Å². The molecule has 0 saturated carbocycles. The molecule has 1 heterocycles. The predicted molar refractivity (Wildman–Crippen MR) is 83.2 cm³/mol. The number of aromatic nitrogens is 2. The summed E-state index contributed by atoms with van der Waals surface area (Å²) in [7, 11) is 1.54. The number of nitrogen functional groups attached to an aromatic ring is 1. The zero-order valence-electron chi connectivity index (χ0n) is 12.3. The van der Waals surface area contributed by atoms with Crippen LogP contribution in [0.15, 0.2) is 11.2 Å². The third kappa shape index (κ3) is 5.75. The number of aliphatic imine (C=N–C) groups is 1. The predicted octanol–water partition coefficient (Wildman–Crippen LogP) is 2.10. The number of nitrogens with two attached hydrogens (primary N) is 1. The highest BCUT2D eigenvalue weighted by atomic mass is 32.2. The molecule has 0 aromatic carbocycles. The fourth-order valence-corrected chi connectivity index (χ4v) is 2.15. The highest BCUT2D eigenvalue weighted by molar-refractivity contribution is 7.90. The van der Waals surface area contributed by atoms with Crippen LogP contribution < -0.4 is 10.5 Å². The van der Waals surface area contributed by atoms with Crippen molar-refractivity contribution in [1.82, 2.24) is 9.97 Å². The summed E-state index contributed by atoms with van der Waals surface area (Å²) in [6, 6.07) is 0. The van der Waals surface area contributed by atoms with E-state index >= 15 is 0 Å². The van der Waals surface area contributed by atoms with Crippen LogP contribution in [0.2, 0.25) is 0 Å². The first-order chi connectivity index (χ1) is 9.56. The largest absolute Gasteiger partial charge is 0.617 e. The first kappa shape index (κ1) is 16.7. The molecule has 2 N–H and O–H groups in total. The van der Waals surface area contributed by atoms with Crippen LogP contribution in [0.4, 0.5) is 11.8 Å². The van der Waals surface area contributed by atoms with Crippen LogP contribution in [0.1, 0.15) is 32.6 Å². The molecule has 0 amide bonds. The van der Waals surface area contributed by atoms with Crippen molar-refractivity contribution >= 4 is 28.7 Å². The van der Waals surface area contributed by atoms with Gasteiger partial charge < -0.3 is 15.0 Å². The Morgan fingerprint density at radius 2 is 2.25 bits per heavy atom. The zero-order valence-corrected chi connectivity index (χ0v) is 13.1. The van der Waals surface area contributed by atoms with E-state index in [0.717, 1.165) is 25.0 Å². The van der Waals surface area contributed by atoms with Crippen LogP contribution >= 0.6 is 0 Å². The summed E-state index contributed by atoms with van der Waals surface area (Å²) in [6.45, 7) is 2.12. The summed E-state index contributed by atoms with van der Waals surface area (Å²) in [5, 5.41) is 0. The van der Waals surface area contributed by atoms with Gasteiger partial charge in [0.2, 0.25) is 5.95 Å². The number of rotatable bonds is 8. The Morgan fingerprint density at radius 1 is 1.50 bits per heavy atom. The zero-order chi connectivity index (χ0) is 15.0. The van der Waals surface area contributed by atoms with Crippen LogP contribution in [0.5, 0.6) is 5.75 Å². The molecule has 0 aliphatic rings. The van der Waals surface area contributed by atoms with Gasteiger partial charge in [-0.25, -0.2) is 9.98 Å². The molecule has 6 nitrogen and oxygen atoms in total. The van der Waals surface area contributed by atoms with Crippen molar-refractivity contribution in [2.75, 3.05) is 24.9 Å². The maximum atomic E-state index is 11.2. The quantitative estimate of drug-likeness (QED) is 0.585. The highest BCUT2D eigenvalue weighted by Crippen LogP contribution is 2.25. The minimum Gasteiger partial charge on any atom is -0.617 e. The van der Waals surface area contributed by atoms with Crippen molar-refractivity contribution in [3.05, 3.63) is 6.20 Å². The molecule has 1 unspecified atom stereocenters. The number of hydrogen-bond acceptors (Lipinski definition) is 6. The molecule has 0 aliphatic carbocycles. The third-order valence-electron chi connectivity index (χ3n) is 2.74. The number of unbranched alkanes of at least 4 members (excludes halogenated alkanes) is 1. The van der Waals surface area contributed by atoms with Gasteiger partial charge in [0.1, 0.15) is 5.75 Å². The van der Waals surface area contributed by atoms with Gasteiger partial charge in [-0.15, -0.1) is 0 Å². The summed E-state index contributed by atoms with van der Waals surface area (Å²) < 4.78 is 16.4. The lowest BCUT2D eigenvalue weighted by atomic mass is 10.1. The Morgan fingerprint density at radius 3 is 2.85 bits per heavy atom. The number of ether oxygens (including phenoxy) is 1. The number of hydrogen-bond donors (Lipinski definition) is 1. The Balaban J connectivity index is 2.94. The maximum Gasteiger partial charge on any atom is 0.222 e. The molecule has 0 fully saturated rings. The van der Waals surface area contributed by atoms with E-state index in [1.807, 2.05) is 0 Å². The van der Waals surface area contributed by atoms with Gasteiger partial charge in [0.05, 0.1) is 19.6 Å². The molecule has 1 atom stereocenters. The van der Waals surface area contributed by atoms with Gasteiger partial charge in [0.25, 0.3) is 0 Å². The van der Waals surface area contributed by atoms with Crippen LogP contribution in [-0.2, 0) is 11.2 Å². The molecule has 7 heteroatoms. The molecule has 0 bridgehead atoms. The van der Waals surface area contributed by atoms with Gasteiger partial charge in [-0.3, -0.25) is 0 Å². The molecule has 1 aromatic heterocycles. The van der Waals surface area contributed by atoms with Gasteiger partial charge in [-0.05, 0) is 12.8 Å². The second kappa shape index (κ2) is 8.76. The average molecular weight is 298 g/mol. The second-order valence-corrected chi connectivity index (χ2v) is 5.98. The van der Waals surface area contributed by atoms with Crippen LogP contribution in [0, 0.1) is 0 Å². The van der Waals surface area contributed by atoms with Crippen molar-refractivity contribution in [1.29, 1.82) is 0 Å². The molecule has 0 spiro atoms. The van der Waals surface area contributed by atoms with Gasteiger partial charge in [-0.2, -0.15) is 4.98 Å². The summed E-state index contributed by atoms with van der Waals surface area (Å²) in [6.07, 6.45) is 6.88. The highest BCUT2D eigenvalue weighted by Gasteiger charge is 2.09. The fourth-order valence-electron chi connectivity index (χ4n) is 1.63. The average Bonchev–Trinajstić information content (AvgIpc) is 2.42. The summed E-state index contributed by atoms with van der Waals surface area (Å²) in [5.74, 6) is 1.70. The molecule has 112 valence electrons. The second-order valence-electron chi connectivity index (χ2n) is 4.43. The first-order valence-electron chi connectivity index (χ1n) is 6.59. The maximum absolute atomic E-state index is 11.2. The normalized spacial score (nSPS) is 13.3. The topological polar surface area (TPSA) is 96.5 Å². The first-order valence-corrected chi connectivity index (χ1v) is 8.32. The van der Waals surface area contributed by atoms with E-state index in [4.69, 9.17) is 10.5 Å². The number of nitrogens with zero attached hydrogens (tertiary/aromatic N) is 3. The van der Waals surface area contributed by atoms with E-state index in [2.05, 4.69) is 21.9 Å². The molecule has 20 heavy (non-hydrogen) atoms.